The first-order chi connectivity index (χ1) is 5.15. The van der Waals surface area contributed by atoms with E-state index in [0.29, 0.717) is 10.7 Å². The monoisotopic (exact) mass is 166 g/mol. The van der Waals surface area contributed by atoms with Crippen molar-refractivity contribution in [2.24, 2.45) is 0 Å². The van der Waals surface area contributed by atoms with Gasteiger partial charge in [-0.15, -0.1) is 0 Å². The second-order valence-corrected chi connectivity index (χ2v) is 2.73. The summed E-state index contributed by atoms with van der Waals surface area (Å²) in [5.74, 6) is 0. The number of aryl methyl sites for hydroxylation is 2. The minimum atomic E-state index is 0.309. The molecule has 2 nitrogen and oxygen atoms in total. The minimum Gasteiger partial charge on any atom is -0.241 e. The molecule has 0 saturated carbocycles. The van der Waals surface area contributed by atoms with Gasteiger partial charge in [-0.05, 0) is 25.5 Å². The lowest BCUT2D eigenvalue weighted by molar-refractivity contribution is 1.14. The molecule has 0 aliphatic carbocycles. The smallest absolute Gasteiger partial charge is 0.159 e. The first kappa shape index (κ1) is 8.03. The molecular weight excluding hydrogens is 160 g/mol. The Kier molecular flexibility index (Phi) is 2.11. The summed E-state index contributed by atoms with van der Waals surface area (Å²) in [7, 11) is 0. The largest absolute Gasteiger partial charge is 0.241 e. The lowest BCUT2D eigenvalue weighted by atomic mass is 10.2. The molecule has 1 rings (SSSR count). The van der Waals surface area contributed by atoms with Gasteiger partial charge in [0.2, 0.25) is 0 Å². The zero-order chi connectivity index (χ0) is 8.43. The fraction of sp³-hybridized carbons (Fsp3) is 0.250. The molecule has 11 heavy (non-hydrogen) atoms. The Labute approximate surface area is 70.4 Å². The fourth-order valence-electron chi connectivity index (χ4n) is 0.895. The summed E-state index contributed by atoms with van der Waals surface area (Å²) in [6, 6.07) is 3.78. The van der Waals surface area contributed by atoms with Gasteiger partial charge < -0.3 is 0 Å². The molecular formula is C8H7ClN2. The van der Waals surface area contributed by atoms with Gasteiger partial charge in [-0.3, -0.25) is 0 Å². The van der Waals surface area contributed by atoms with Crippen LogP contribution in [0.1, 0.15) is 17.0 Å². The van der Waals surface area contributed by atoms with Crippen LogP contribution < -0.4 is 0 Å². The number of halogens is 1. The predicted octanol–water partition coefficient (Wildman–Crippen LogP) is 2.22. The van der Waals surface area contributed by atoms with Crippen LogP contribution in [0, 0.1) is 25.2 Å². The van der Waals surface area contributed by atoms with Gasteiger partial charge >= 0.3 is 0 Å². The average Bonchev–Trinajstić information content (AvgIpc) is 1.96. The maximum atomic E-state index is 8.57. The van der Waals surface area contributed by atoms with Crippen LogP contribution in [0.25, 0.3) is 0 Å². The third-order valence-electron chi connectivity index (χ3n) is 1.37. The van der Waals surface area contributed by atoms with Gasteiger partial charge in [0.05, 0.1) is 5.02 Å². The average molecular weight is 167 g/mol. The Hall–Kier alpha value is -1.07. The lowest BCUT2D eigenvalue weighted by Crippen LogP contribution is -1.90. The van der Waals surface area contributed by atoms with Crippen molar-refractivity contribution < 1.29 is 0 Å². The van der Waals surface area contributed by atoms with Gasteiger partial charge in [0.25, 0.3) is 0 Å². The maximum absolute atomic E-state index is 8.57. The third kappa shape index (κ3) is 1.50. The molecule has 0 N–H and O–H groups in total. The van der Waals surface area contributed by atoms with E-state index in [4.69, 9.17) is 16.9 Å². The predicted molar refractivity (Wildman–Crippen MR) is 43.4 cm³/mol. The van der Waals surface area contributed by atoms with Crippen molar-refractivity contribution in [3.63, 3.8) is 0 Å². The van der Waals surface area contributed by atoms with Gasteiger partial charge in [0, 0.05) is 5.69 Å². The molecule has 0 aromatic carbocycles. The highest BCUT2D eigenvalue weighted by molar-refractivity contribution is 6.32. The normalized spacial score (nSPS) is 9.27. The summed E-state index contributed by atoms with van der Waals surface area (Å²) < 4.78 is 0. The Morgan fingerprint density at radius 2 is 2.18 bits per heavy atom. The summed E-state index contributed by atoms with van der Waals surface area (Å²) in [4.78, 5) is 3.96. The molecule has 1 aromatic heterocycles. The standard InChI is InChI=1S/C8H7ClN2/c1-5-3-6(2)11-7(4-10)8(5)9/h3H,1-2H3. The molecule has 0 fully saturated rings. The Bertz CT molecular complexity index is 326. The number of nitrogens with zero attached hydrogens (tertiary/aromatic N) is 2. The fourth-order valence-corrected chi connectivity index (χ4v) is 1.03. The highest BCUT2D eigenvalue weighted by Gasteiger charge is 2.04. The summed E-state index contributed by atoms with van der Waals surface area (Å²) in [5, 5.41) is 9.03. The third-order valence-corrected chi connectivity index (χ3v) is 1.85. The minimum absolute atomic E-state index is 0.309. The molecule has 1 heterocycles. The van der Waals surface area contributed by atoms with Gasteiger partial charge in [-0.1, -0.05) is 11.6 Å². The van der Waals surface area contributed by atoms with E-state index in [9.17, 15) is 0 Å². The molecule has 0 unspecified atom stereocenters. The number of nitriles is 1. The molecule has 0 aliphatic heterocycles. The summed E-state index contributed by atoms with van der Waals surface area (Å²) >= 11 is 5.78. The quantitative estimate of drug-likeness (QED) is 0.593. The maximum Gasteiger partial charge on any atom is 0.159 e. The van der Waals surface area contributed by atoms with Gasteiger partial charge in [-0.25, -0.2) is 4.98 Å². The van der Waals surface area contributed by atoms with Gasteiger partial charge in [0.15, 0.2) is 5.69 Å². The topological polar surface area (TPSA) is 36.7 Å². The van der Waals surface area contributed by atoms with Crippen LogP contribution in [-0.2, 0) is 0 Å². The molecule has 0 aliphatic rings. The van der Waals surface area contributed by atoms with Crippen LogP contribution in [0.2, 0.25) is 5.02 Å². The van der Waals surface area contributed by atoms with Crippen LogP contribution in [0.15, 0.2) is 6.07 Å². The van der Waals surface area contributed by atoms with E-state index >= 15 is 0 Å². The molecule has 0 radical (unpaired) electrons. The van der Waals surface area contributed by atoms with Crippen molar-refractivity contribution >= 4 is 11.6 Å². The van der Waals surface area contributed by atoms with Gasteiger partial charge in [-0.2, -0.15) is 5.26 Å². The van der Waals surface area contributed by atoms with Crippen molar-refractivity contribution in [3.8, 4) is 6.07 Å². The van der Waals surface area contributed by atoms with Crippen LogP contribution in [0.4, 0.5) is 0 Å². The molecule has 0 bridgehead atoms. The highest BCUT2D eigenvalue weighted by Crippen LogP contribution is 2.18. The number of pyridine rings is 1. The molecule has 0 spiro atoms. The Morgan fingerprint density at radius 3 is 2.73 bits per heavy atom. The van der Waals surface area contributed by atoms with Crippen molar-refractivity contribution in [2.75, 3.05) is 0 Å². The molecule has 1 aromatic rings. The van der Waals surface area contributed by atoms with Crippen LogP contribution >= 0.6 is 11.6 Å². The van der Waals surface area contributed by atoms with Crippen molar-refractivity contribution in [1.29, 1.82) is 5.26 Å². The summed E-state index contributed by atoms with van der Waals surface area (Å²) in [6.45, 7) is 3.70. The van der Waals surface area contributed by atoms with E-state index in [1.165, 1.54) is 0 Å². The SMILES string of the molecule is Cc1cc(C)c(Cl)c(C#N)n1. The highest BCUT2D eigenvalue weighted by atomic mass is 35.5. The first-order valence-corrected chi connectivity index (χ1v) is 3.57. The van der Waals surface area contributed by atoms with Crippen molar-refractivity contribution in [1.82, 2.24) is 4.98 Å². The second kappa shape index (κ2) is 2.89. The van der Waals surface area contributed by atoms with Crippen LogP contribution in [0.3, 0.4) is 0 Å². The van der Waals surface area contributed by atoms with Crippen LogP contribution in [-0.4, -0.2) is 4.98 Å². The first-order valence-electron chi connectivity index (χ1n) is 3.19. The molecule has 56 valence electrons. The van der Waals surface area contributed by atoms with E-state index in [-0.39, 0.29) is 0 Å². The number of rotatable bonds is 0. The van der Waals surface area contributed by atoms with Gasteiger partial charge in [0.1, 0.15) is 6.07 Å². The van der Waals surface area contributed by atoms with E-state index in [1.54, 1.807) is 0 Å². The Balaban J connectivity index is 3.39. The molecule has 0 amide bonds. The number of hydrogen-bond acceptors (Lipinski definition) is 2. The van der Waals surface area contributed by atoms with Crippen molar-refractivity contribution in [2.45, 2.75) is 13.8 Å². The van der Waals surface area contributed by atoms with Crippen LogP contribution in [0.5, 0.6) is 0 Å². The van der Waals surface area contributed by atoms with Crippen molar-refractivity contribution in [3.05, 3.63) is 28.0 Å². The molecule has 3 heteroatoms. The van der Waals surface area contributed by atoms with E-state index in [1.807, 2.05) is 26.0 Å². The van der Waals surface area contributed by atoms with E-state index in [0.717, 1.165) is 11.3 Å². The Morgan fingerprint density at radius 1 is 1.55 bits per heavy atom. The number of hydrogen-bond donors (Lipinski definition) is 0. The zero-order valence-corrected chi connectivity index (χ0v) is 7.11. The summed E-state index contributed by atoms with van der Waals surface area (Å²) in [5.41, 5.74) is 2.03. The van der Waals surface area contributed by atoms with E-state index < -0.39 is 0 Å². The molecule has 0 saturated heterocycles. The molecule has 0 atom stereocenters. The number of aromatic nitrogens is 1. The van der Waals surface area contributed by atoms with E-state index in [2.05, 4.69) is 4.98 Å². The lowest BCUT2D eigenvalue weighted by Gasteiger charge is -1.99. The second-order valence-electron chi connectivity index (χ2n) is 2.35. The zero-order valence-electron chi connectivity index (χ0n) is 6.35. The summed E-state index contributed by atoms with van der Waals surface area (Å²) in [6.07, 6.45) is 0.